The van der Waals surface area contributed by atoms with Crippen molar-refractivity contribution >= 4 is 0 Å². The molecule has 0 saturated heterocycles. The highest BCUT2D eigenvalue weighted by Crippen LogP contribution is 1.97. The standard InChI is InChI=1S/C10H22NO2/c1-5-9(12-3)7-11-8-10(6-2)13-4/h9-10H,5-8H2,1-4H3. The molecule has 1 radical (unpaired) electrons. The van der Waals surface area contributed by atoms with Gasteiger partial charge in [0.05, 0.1) is 12.2 Å². The van der Waals surface area contributed by atoms with E-state index in [1.807, 2.05) is 0 Å². The Kier molecular flexibility index (Phi) is 8.40. The van der Waals surface area contributed by atoms with Crippen molar-refractivity contribution in [2.45, 2.75) is 38.9 Å². The van der Waals surface area contributed by atoms with E-state index in [2.05, 4.69) is 19.2 Å². The predicted octanol–water partition coefficient (Wildman–Crippen LogP) is 1.44. The van der Waals surface area contributed by atoms with E-state index in [9.17, 15) is 0 Å². The van der Waals surface area contributed by atoms with Gasteiger partial charge in [0.15, 0.2) is 0 Å². The largest absolute Gasteiger partial charge is 0.380 e. The summed E-state index contributed by atoms with van der Waals surface area (Å²) in [7, 11) is 3.47. The SMILES string of the molecule is CCC(C[N]CC(CC)OC)OC. The van der Waals surface area contributed by atoms with Gasteiger partial charge in [-0.25, -0.2) is 5.32 Å². The van der Waals surface area contributed by atoms with Gasteiger partial charge in [-0.3, -0.25) is 0 Å². The van der Waals surface area contributed by atoms with Crippen LogP contribution in [0.2, 0.25) is 0 Å². The second kappa shape index (κ2) is 8.48. The Balaban J connectivity index is 3.41. The molecule has 0 rings (SSSR count). The van der Waals surface area contributed by atoms with E-state index < -0.39 is 0 Å². The monoisotopic (exact) mass is 188 g/mol. The Morgan fingerprint density at radius 3 is 1.54 bits per heavy atom. The van der Waals surface area contributed by atoms with Crippen molar-refractivity contribution < 1.29 is 9.47 Å². The molecule has 79 valence electrons. The van der Waals surface area contributed by atoms with Gasteiger partial charge >= 0.3 is 0 Å². The normalized spacial score (nSPS) is 15.7. The van der Waals surface area contributed by atoms with Crippen LogP contribution in [-0.4, -0.2) is 39.5 Å². The predicted molar refractivity (Wildman–Crippen MR) is 54.0 cm³/mol. The van der Waals surface area contributed by atoms with Crippen LogP contribution in [0.3, 0.4) is 0 Å². The highest BCUT2D eigenvalue weighted by Gasteiger charge is 2.07. The van der Waals surface area contributed by atoms with Gasteiger partial charge in [0.2, 0.25) is 0 Å². The van der Waals surface area contributed by atoms with Gasteiger partial charge in [0, 0.05) is 27.3 Å². The lowest BCUT2D eigenvalue weighted by atomic mass is 10.2. The highest BCUT2D eigenvalue weighted by molar-refractivity contribution is 4.62. The summed E-state index contributed by atoms with van der Waals surface area (Å²) in [6.45, 7) is 5.79. The van der Waals surface area contributed by atoms with Crippen molar-refractivity contribution in [3.8, 4) is 0 Å². The van der Waals surface area contributed by atoms with Crippen molar-refractivity contribution in [2.75, 3.05) is 27.3 Å². The minimum absolute atomic E-state index is 0.273. The Morgan fingerprint density at radius 1 is 0.923 bits per heavy atom. The van der Waals surface area contributed by atoms with Crippen LogP contribution in [0.1, 0.15) is 26.7 Å². The van der Waals surface area contributed by atoms with Crippen molar-refractivity contribution in [3.63, 3.8) is 0 Å². The average molecular weight is 188 g/mol. The van der Waals surface area contributed by atoms with Crippen LogP contribution in [0.25, 0.3) is 0 Å². The van der Waals surface area contributed by atoms with Crippen LogP contribution >= 0.6 is 0 Å². The molecule has 3 nitrogen and oxygen atoms in total. The lowest BCUT2D eigenvalue weighted by Crippen LogP contribution is -2.29. The Morgan fingerprint density at radius 2 is 1.31 bits per heavy atom. The molecular formula is C10H22NO2. The van der Waals surface area contributed by atoms with Crippen molar-refractivity contribution in [3.05, 3.63) is 0 Å². The molecule has 13 heavy (non-hydrogen) atoms. The first-order valence-corrected chi connectivity index (χ1v) is 4.97. The summed E-state index contributed by atoms with van der Waals surface area (Å²) in [5.74, 6) is 0. The lowest BCUT2D eigenvalue weighted by Gasteiger charge is -2.16. The smallest absolute Gasteiger partial charge is 0.0709 e. The minimum atomic E-state index is 0.273. The Bertz CT molecular complexity index is 89.1. The molecule has 0 aliphatic heterocycles. The average Bonchev–Trinajstić information content (AvgIpc) is 2.19. The van der Waals surface area contributed by atoms with Crippen LogP contribution in [0, 0.1) is 0 Å². The summed E-state index contributed by atoms with van der Waals surface area (Å²) in [4.78, 5) is 0. The summed E-state index contributed by atoms with van der Waals surface area (Å²) in [5, 5.41) is 4.41. The molecule has 3 heteroatoms. The van der Waals surface area contributed by atoms with E-state index >= 15 is 0 Å². The first-order chi connectivity index (χ1) is 6.28. The van der Waals surface area contributed by atoms with Gasteiger partial charge in [-0.05, 0) is 12.8 Å². The maximum absolute atomic E-state index is 5.21. The Labute approximate surface area is 81.8 Å². The fraction of sp³-hybridized carbons (Fsp3) is 1.00. The van der Waals surface area contributed by atoms with Crippen LogP contribution in [0.15, 0.2) is 0 Å². The topological polar surface area (TPSA) is 32.6 Å². The molecule has 2 atom stereocenters. The van der Waals surface area contributed by atoms with Crippen LogP contribution < -0.4 is 5.32 Å². The molecular weight excluding hydrogens is 166 g/mol. The molecule has 0 aliphatic rings. The molecule has 0 heterocycles. The van der Waals surface area contributed by atoms with Gasteiger partial charge in [-0.2, -0.15) is 0 Å². The van der Waals surface area contributed by atoms with E-state index in [0.717, 1.165) is 25.9 Å². The molecule has 0 amide bonds. The maximum Gasteiger partial charge on any atom is 0.0709 e. The second-order valence-electron chi connectivity index (χ2n) is 3.12. The third-order valence-corrected chi connectivity index (χ3v) is 2.24. The summed E-state index contributed by atoms with van der Waals surface area (Å²) in [6, 6.07) is 0. The van der Waals surface area contributed by atoms with Crippen LogP contribution in [0.5, 0.6) is 0 Å². The zero-order valence-corrected chi connectivity index (χ0v) is 9.25. The molecule has 0 N–H and O–H groups in total. The van der Waals surface area contributed by atoms with E-state index in [-0.39, 0.29) is 12.2 Å². The first kappa shape index (κ1) is 12.9. The van der Waals surface area contributed by atoms with E-state index in [0.29, 0.717) is 0 Å². The molecule has 0 aromatic rings. The molecule has 0 aromatic heterocycles. The summed E-state index contributed by atoms with van der Waals surface area (Å²) in [5.41, 5.74) is 0. The summed E-state index contributed by atoms with van der Waals surface area (Å²) >= 11 is 0. The molecule has 2 unspecified atom stereocenters. The number of hydrogen-bond donors (Lipinski definition) is 0. The first-order valence-electron chi connectivity index (χ1n) is 4.97. The van der Waals surface area contributed by atoms with E-state index in [1.54, 1.807) is 14.2 Å². The molecule has 0 aliphatic carbocycles. The number of ether oxygens (including phenoxy) is 2. The summed E-state index contributed by atoms with van der Waals surface area (Å²) < 4.78 is 10.4. The van der Waals surface area contributed by atoms with Gasteiger partial charge < -0.3 is 9.47 Å². The van der Waals surface area contributed by atoms with Gasteiger partial charge in [0.1, 0.15) is 0 Å². The third-order valence-electron chi connectivity index (χ3n) is 2.24. The molecule has 0 saturated carbocycles. The highest BCUT2D eigenvalue weighted by atomic mass is 16.5. The van der Waals surface area contributed by atoms with Gasteiger partial charge in [-0.15, -0.1) is 0 Å². The fourth-order valence-electron chi connectivity index (χ4n) is 1.10. The summed E-state index contributed by atoms with van der Waals surface area (Å²) in [6.07, 6.45) is 2.58. The zero-order valence-electron chi connectivity index (χ0n) is 9.25. The number of hydrogen-bond acceptors (Lipinski definition) is 2. The minimum Gasteiger partial charge on any atom is -0.380 e. The maximum atomic E-state index is 5.21. The third kappa shape index (κ3) is 6.02. The number of methoxy groups -OCH3 is 2. The molecule has 0 fully saturated rings. The second-order valence-corrected chi connectivity index (χ2v) is 3.12. The van der Waals surface area contributed by atoms with Crippen molar-refractivity contribution in [1.29, 1.82) is 0 Å². The zero-order chi connectivity index (χ0) is 10.1. The number of rotatable bonds is 8. The van der Waals surface area contributed by atoms with Gasteiger partial charge in [0.25, 0.3) is 0 Å². The van der Waals surface area contributed by atoms with Gasteiger partial charge in [-0.1, -0.05) is 13.8 Å². The van der Waals surface area contributed by atoms with Crippen molar-refractivity contribution in [2.24, 2.45) is 0 Å². The number of nitrogens with zero attached hydrogens (tertiary/aromatic N) is 1. The fourth-order valence-corrected chi connectivity index (χ4v) is 1.10. The molecule has 0 spiro atoms. The Hall–Kier alpha value is -0.120. The van der Waals surface area contributed by atoms with E-state index in [4.69, 9.17) is 9.47 Å². The molecule has 0 aromatic carbocycles. The molecule has 0 bridgehead atoms. The van der Waals surface area contributed by atoms with Crippen LogP contribution in [0.4, 0.5) is 0 Å². The van der Waals surface area contributed by atoms with Crippen LogP contribution in [-0.2, 0) is 9.47 Å². The quantitative estimate of drug-likeness (QED) is 0.577. The lowest BCUT2D eigenvalue weighted by molar-refractivity contribution is 0.0766. The van der Waals surface area contributed by atoms with Crippen molar-refractivity contribution in [1.82, 2.24) is 5.32 Å². The van der Waals surface area contributed by atoms with E-state index in [1.165, 1.54) is 0 Å².